The fourth-order valence-electron chi connectivity index (χ4n) is 1.74. The average Bonchev–Trinajstić information content (AvgIpc) is 2.85. The van der Waals surface area contributed by atoms with Crippen molar-refractivity contribution in [2.45, 2.75) is 13.0 Å². The van der Waals surface area contributed by atoms with Crippen LogP contribution in [-0.4, -0.2) is 13.0 Å². The second kappa shape index (κ2) is 6.45. The van der Waals surface area contributed by atoms with Crippen LogP contribution in [0, 0.1) is 0 Å². The standard InChI is InChI=1S/C14H13Br2NO3/c1-8(9-3-4-11(19-2)10(15)7-9)17-14(18)12-5-6-13(16)20-12/h3-8H,1-2H3,(H,17,18). The third-order valence-corrected chi connectivity index (χ3v) is 3.87. The van der Waals surface area contributed by atoms with Crippen LogP contribution in [0.5, 0.6) is 5.75 Å². The molecule has 1 N–H and O–H groups in total. The molecule has 4 nitrogen and oxygen atoms in total. The summed E-state index contributed by atoms with van der Waals surface area (Å²) in [6.07, 6.45) is 0. The number of ether oxygens (including phenoxy) is 1. The van der Waals surface area contributed by atoms with Crippen LogP contribution < -0.4 is 10.1 Å². The van der Waals surface area contributed by atoms with Crippen LogP contribution in [0.25, 0.3) is 0 Å². The van der Waals surface area contributed by atoms with Gasteiger partial charge in [-0.15, -0.1) is 0 Å². The molecule has 2 rings (SSSR count). The molecule has 1 atom stereocenters. The molecule has 0 aliphatic heterocycles. The van der Waals surface area contributed by atoms with Crippen LogP contribution in [-0.2, 0) is 0 Å². The Balaban J connectivity index is 2.10. The van der Waals surface area contributed by atoms with Crippen LogP contribution in [0.3, 0.4) is 0 Å². The highest BCUT2D eigenvalue weighted by Crippen LogP contribution is 2.28. The number of carbonyl (C=O) groups excluding carboxylic acids is 1. The second-order valence-electron chi connectivity index (χ2n) is 4.19. The molecular weight excluding hydrogens is 390 g/mol. The summed E-state index contributed by atoms with van der Waals surface area (Å²) < 4.78 is 11.8. The van der Waals surface area contributed by atoms with Crippen molar-refractivity contribution in [1.29, 1.82) is 0 Å². The summed E-state index contributed by atoms with van der Waals surface area (Å²) in [5.41, 5.74) is 0.969. The van der Waals surface area contributed by atoms with E-state index in [0.717, 1.165) is 15.8 Å². The maximum Gasteiger partial charge on any atom is 0.287 e. The van der Waals surface area contributed by atoms with E-state index in [4.69, 9.17) is 9.15 Å². The summed E-state index contributed by atoms with van der Waals surface area (Å²) >= 11 is 6.60. The number of hydrogen-bond acceptors (Lipinski definition) is 3. The van der Waals surface area contributed by atoms with Gasteiger partial charge in [-0.05, 0) is 68.6 Å². The largest absolute Gasteiger partial charge is 0.496 e. The summed E-state index contributed by atoms with van der Waals surface area (Å²) in [6.45, 7) is 1.91. The van der Waals surface area contributed by atoms with Gasteiger partial charge >= 0.3 is 0 Å². The van der Waals surface area contributed by atoms with Crippen molar-refractivity contribution < 1.29 is 13.9 Å². The number of rotatable bonds is 4. The molecule has 1 aromatic heterocycles. The molecule has 0 fully saturated rings. The van der Waals surface area contributed by atoms with E-state index in [-0.39, 0.29) is 17.7 Å². The Morgan fingerprint density at radius 3 is 2.60 bits per heavy atom. The van der Waals surface area contributed by atoms with Gasteiger partial charge in [0, 0.05) is 0 Å². The molecule has 0 saturated carbocycles. The average molecular weight is 403 g/mol. The lowest BCUT2D eigenvalue weighted by atomic mass is 10.1. The topological polar surface area (TPSA) is 51.5 Å². The molecule has 106 valence electrons. The number of amides is 1. The van der Waals surface area contributed by atoms with Gasteiger partial charge in [0.2, 0.25) is 0 Å². The van der Waals surface area contributed by atoms with Gasteiger partial charge < -0.3 is 14.5 Å². The molecule has 0 aliphatic rings. The third-order valence-electron chi connectivity index (χ3n) is 2.82. The Hall–Kier alpha value is -1.27. The molecule has 1 heterocycles. The van der Waals surface area contributed by atoms with E-state index in [1.54, 1.807) is 19.2 Å². The second-order valence-corrected chi connectivity index (χ2v) is 5.83. The lowest BCUT2D eigenvalue weighted by Crippen LogP contribution is -2.26. The van der Waals surface area contributed by atoms with E-state index >= 15 is 0 Å². The van der Waals surface area contributed by atoms with E-state index in [0.29, 0.717) is 4.67 Å². The van der Waals surface area contributed by atoms with E-state index in [9.17, 15) is 4.79 Å². The van der Waals surface area contributed by atoms with Crippen molar-refractivity contribution in [3.05, 3.63) is 50.8 Å². The normalized spacial score (nSPS) is 12.0. The molecule has 2 aromatic rings. The van der Waals surface area contributed by atoms with Crippen LogP contribution in [0.2, 0.25) is 0 Å². The van der Waals surface area contributed by atoms with Gasteiger partial charge in [-0.1, -0.05) is 6.07 Å². The third kappa shape index (κ3) is 3.43. The number of carbonyl (C=O) groups is 1. The highest BCUT2D eigenvalue weighted by molar-refractivity contribution is 9.10. The maximum atomic E-state index is 12.0. The van der Waals surface area contributed by atoms with Crippen LogP contribution in [0.1, 0.15) is 29.1 Å². The molecule has 0 saturated heterocycles. The van der Waals surface area contributed by atoms with E-state index < -0.39 is 0 Å². The van der Waals surface area contributed by atoms with Crippen molar-refractivity contribution >= 4 is 37.8 Å². The Morgan fingerprint density at radius 2 is 2.05 bits per heavy atom. The fourth-order valence-corrected chi connectivity index (χ4v) is 2.60. The first-order valence-electron chi connectivity index (χ1n) is 5.91. The quantitative estimate of drug-likeness (QED) is 0.829. The lowest BCUT2D eigenvalue weighted by molar-refractivity contribution is 0.0910. The molecule has 1 unspecified atom stereocenters. The molecule has 0 radical (unpaired) electrons. The molecule has 0 bridgehead atoms. The first-order chi connectivity index (χ1) is 9.51. The summed E-state index contributed by atoms with van der Waals surface area (Å²) in [7, 11) is 1.61. The Morgan fingerprint density at radius 1 is 1.30 bits per heavy atom. The maximum absolute atomic E-state index is 12.0. The van der Waals surface area contributed by atoms with Gasteiger partial charge in [0.1, 0.15) is 5.75 Å². The molecule has 1 aromatic carbocycles. The van der Waals surface area contributed by atoms with Crippen molar-refractivity contribution in [2.24, 2.45) is 0 Å². The summed E-state index contributed by atoms with van der Waals surface area (Å²) in [5.74, 6) is 0.772. The monoisotopic (exact) mass is 401 g/mol. The predicted octanol–water partition coefficient (Wildman–Crippen LogP) is 4.30. The minimum absolute atomic E-state index is 0.145. The van der Waals surface area contributed by atoms with Gasteiger partial charge in [0.15, 0.2) is 10.4 Å². The van der Waals surface area contributed by atoms with Crippen molar-refractivity contribution in [3.8, 4) is 5.75 Å². The Bertz CT molecular complexity index is 625. The van der Waals surface area contributed by atoms with Gasteiger partial charge in [0.05, 0.1) is 17.6 Å². The number of furan rings is 1. The summed E-state index contributed by atoms with van der Waals surface area (Å²) in [5, 5.41) is 2.88. The SMILES string of the molecule is COc1ccc(C(C)NC(=O)c2ccc(Br)o2)cc1Br. The first-order valence-corrected chi connectivity index (χ1v) is 7.49. The number of nitrogens with one attached hydrogen (secondary N) is 1. The van der Waals surface area contributed by atoms with E-state index in [1.807, 2.05) is 25.1 Å². The number of methoxy groups -OCH3 is 1. The molecular formula is C14H13Br2NO3. The highest BCUT2D eigenvalue weighted by atomic mass is 79.9. The zero-order chi connectivity index (χ0) is 14.7. The van der Waals surface area contributed by atoms with E-state index in [2.05, 4.69) is 37.2 Å². The minimum atomic E-state index is -0.254. The summed E-state index contributed by atoms with van der Waals surface area (Å²) in [6, 6.07) is 8.84. The summed E-state index contributed by atoms with van der Waals surface area (Å²) in [4.78, 5) is 12.0. The van der Waals surface area contributed by atoms with Crippen molar-refractivity contribution in [3.63, 3.8) is 0 Å². The Kier molecular flexibility index (Phi) is 4.88. The highest BCUT2D eigenvalue weighted by Gasteiger charge is 2.15. The smallest absolute Gasteiger partial charge is 0.287 e. The van der Waals surface area contributed by atoms with Crippen LogP contribution >= 0.6 is 31.9 Å². The minimum Gasteiger partial charge on any atom is -0.496 e. The molecule has 6 heteroatoms. The van der Waals surface area contributed by atoms with Crippen molar-refractivity contribution in [2.75, 3.05) is 7.11 Å². The van der Waals surface area contributed by atoms with Crippen molar-refractivity contribution in [1.82, 2.24) is 5.32 Å². The van der Waals surface area contributed by atoms with E-state index in [1.165, 1.54) is 0 Å². The lowest BCUT2D eigenvalue weighted by Gasteiger charge is -2.14. The predicted molar refractivity (Wildman–Crippen MR) is 83.0 cm³/mol. The fraction of sp³-hybridized carbons (Fsp3) is 0.214. The van der Waals surface area contributed by atoms with Gasteiger partial charge in [-0.2, -0.15) is 0 Å². The van der Waals surface area contributed by atoms with Gasteiger partial charge in [-0.25, -0.2) is 0 Å². The molecule has 1 amide bonds. The molecule has 0 aliphatic carbocycles. The zero-order valence-electron chi connectivity index (χ0n) is 10.9. The Labute approximate surface area is 133 Å². The zero-order valence-corrected chi connectivity index (χ0v) is 14.1. The molecule has 0 spiro atoms. The first kappa shape index (κ1) is 15.1. The van der Waals surface area contributed by atoms with Gasteiger partial charge in [0.25, 0.3) is 5.91 Å². The van der Waals surface area contributed by atoms with Gasteiger partial charge in [-0.3, -0.25) is 4.79 Å². The van der Waals surface area contributed by atoms with Crippen LogP contribution in [0.15, 0.2) is 43.9 Å². The number of benzene rings is 1. The number of hydrogen-bond donors (Lipinski definition) is 1. The number of halogens is 2. The molecule has 20 heavy (non-hydrogen) atoms. The van der Waals surface area contributed by atoms with Crippen LogP contribution in [0.4, 0.5) is 0 Å².